The van der Waals surface area contributed by atoms with Crippen LogP contribution in [0, 0.1) is 0 Å². The number of aromatic amines is 1. The second-order valence-electron chi connectivity index (χ2n) is 6.17. The first-order valence-electron chi connectivity index (χ1n) is 9.41. The topological polar surface area (TPSA) is 65.5 Å². The molecule has 2 aromatic rings. The van der Waals surface area contributed by atoms with Crippen molar-refractivity contribution in [1.29, 1.82) is 0 Å². The average Bonchev–Trinajstić information content (AvgIpc) is 3.13. The number of nitrogens with one attached hydrogen (secondary N) is 2. The van der Waals surface area contributed by atoms with Gasteiger partial charge < -0.3 is 19.9 Å². The summed E-state index contributed by atoms with van der Waals surface area (Å²) < 4.78 is 5.58. The Hall–Kier alpha value is -2.34. The molecule has 142 valence electrons. The summed E-state index contributed by atoms with van der Waals surface area (Å²) in [6, 6.07) is 10.2. The SMILES string of the molecule is CCCCOCCN=C(NCC)N(C)Cc1ncc(-c2ccccc2)[nH]1. The van der Waals surface area contributed by atoms with Gasteiger partial charge >= 0.3 is 0 Å². The third-order valence-corrected chi connectivity index (χ3v) is 3.94. The van der Waals surface area contributed by atoms with E-state index in [1.807, 2.05) is 31.4 Å². The van der Waals surface area contributed by atoms with Gasteiger partial charge in [0.15, 0.2) is 5.96 Å². The van der Waals surface area contributed by atoms with Crippen LogP contribution in [-0.2, 0) is 11.3 Å². The Kier molecular flexibility index (Phi) is 8.69. The predicted molar refractivity (Wildman–Crippen MR) is 107 cm³/mol. The Labute approximate surface area is 156 Å². The summed E-state index contributed by atoms with van der Waals surface area (Å²) in [5, 5.41) is 3.32. The van der Waals surface area contributed by atoms with Gasteiger partial charge in [0.1, 0.15) is 5.82 Å². The van der Waals surface area contributed by atoms with Crippen molar-refractivity contribution in [3.05, 3.63) is 42.4 Å². The lowest BCUT2D eigenvalue weighted by molar-refractivity contribution is 0.138. The van der Waals surface area contributed by atoms with Gasteiger partial charge in [-0.2, -0.15) is 0 Å². The largest absolute Gasteiger partial charge is 0.380 e. The van der Waals surface area contributed by atoms with Gasteiger partial charge in [-0.15, -0.1) is 0 Å². The maximum Gasteiger partial charge on any atom is 0.194 e. The molecule has 2 N–H and O–H groups in total. The third-order valence-electron chi connectivity index (χ3n) is 3.94. The number of nitrogens with zero attached hydrogens (tertiary/aromatic N) is 3. The molecule has 0 saturated carbocycles. The van der Waals surface area contributed by atoms with E-state index >= 15 is 0 Å². The van der Waals surface area contributed by atoms with E-state index in [2.05, 4.69) is 51.2 Å². The van der Waals surface area contributed by atoms with Gasteiger partial charge in [-0.05, 0) is 18.9 Å². The van der Waals surface area contributed by atoms with Gasteiger partial charge in [-0.3, -0.25) is 4.99 Å². The van der Waals surface area contributed by atoms with Gasteiger partial charge in [-0.1, -0.05) is 43.7 Å². The van der Waals surface area contributed by atoms with E-state index in [0.717, 1.165) is 49.0 Å². The van der Waals surface area contributed by atoms with Crippen LogP contribution in [0.3, 0.4) is 0 Å². The summed E-state index contributed by atoms with van der Waals surface area (Å²) in [7, 11) is 2.02. The Morgan fingerprint density at radius 3 is 2.77 bits per heavy atom. The van der Waals surface area contributed by atoms with Gasteiger partial charge in [-0.25, -0.2) is 4.98 Å². The van der Waals surface area contributed by atoms with Crippen LogP contribution in [0.2, 0.25) is 0 Å². The molecular formula is C20H31N5O. The molecule has 2 rings (SSSR count). The lowest BCUT2D eigenvalue weighted by Crippen LogP contribution is -2.39. The Morgan fingerprint density at radius 1 is 1.23 bits per heavy atom. The summed E-state index contributed by atoms with van der Waals surface area (Å²) in [4.78, 5) is 14.6. The number of H-pyrrole nitrogens is 1. The van der Waals surface area contributed by atoms with Crippen molar-refractivity contribution >= 4 is 5.96 Å². The van der Waals surface area contributed by atoms with E-state index in [1.54, 1.807) is 0 Å². The number of rotatable bonds is 10. The molecule has 1 heterocycles. The molecule has 1 aromatic carbocycles. The van der Waals surface area contributed by atoms with Crippen LogP contribution in [0.4, 0.5) is 0 Å². The lowest BCUT2D eigenvalue weighted by atomic mass is 10.2. The van der Waals surface area contributed by atoms with Crippen LogP contribution in [-0.4, -0.2) is 54.2 Å². The van der Waals surface area contributed by atoms with Crippen LogP contribution >= 0.6 is 0 Å². The van der Waals surface area contributed by atoms with Gasteiger partial charge in [0.25, 0.3) is 0 Å². The average molecular weight is 358 g/mol. The number of guanidine groups is 1. The maximum atomic E-state index is 5.58. The normalized spacial score (nSPS) is 11.6. The van der Waals surface area contributed by atoms with Crippen molar-refractivity contribution in [3.63, 3.8) is 0 Å². The first-order chi connectivity index (χ1) is 12.7. The number of aromatic nitrogens is 2. The molecule has 0 radical (unpaired) electrons. The van der Waals surface area contributed by atoms with E-state index in [0.29, 0.717) is 19.7 Å². The van der Waals surface area contributed by atoms with Crippen LogP contribution in [0.5, 0.6) is 0 Å². The highest BCUT2D eigenvalue weighted by Crippen LogP contribution is 2.16. The van der Waals surface area contributed by atoms with Crippen molar-refractivity contribution in [3.8, 4) is 11.3 Å². The van der Waals surface area contributed by atoms with Crippen molar-refractivity contribution < 1.29 is 4.74 Å². The van der Waals surface area contributed by atoms with Crippen molar-refractivity contribution in [2.45, 2.75) is 33.2 Å². The number of aliphatic imine (C=N–C) groups is 1. The molecule has 6 nitrogen and oxygen atoms in total. The summed E-state index contributed by atoms with van der Waals surface area (Å²) in [6.07, 6.45) is 4.14. The van der Waals surface area contributed by atoms with Gasteiger partial charge in [0.2, 0.25) is 0 Å². The zero-order valence-electron chi connectivity index (χ0n) is 16.2. The highest BCUT2D eigenvalue weighted by atomic mass is 16.5. The summed E-state index contributed by atoms with van der Waals surface area (Å²) in [6.45, 7) is 7.85. The van der Waals surface area contributed by atoms with E-state index < -0.39 is 0 Å². The van der Waals surface area contributed by atoms with Crippen LogP contribution in [0.1, 0.15) is 32.5 Å². The molecule has 0 fully saturated rings. The fourth-order valence-electron chi connectivity index (χ4n) is 2.54. The number of hydrogen-bond acceptors (Lipinski definition) is 3. The summed E-state index contributed by atoms with van der Waals surface area (Å²) >= 11 is 0. The van der Waals surface area contributed by atoms with Crippen LogP contribution < -0.4 is 5.32 Å². The molecule has 1 aromatic heterocycles. The number of hydrogen-bond donors (Lipinski definition) is 2. The lowest BCUT2D eigenvalue weighted by Gasteiger charge is -2.21. The molecule has 0 aliphatic rings. The minimum atomic E-state index is 0.654. The Bertz CT molecular complexity index is 653. The molecule has 0 amide bonds. The quantitative estimate of drug-likeness (QED) is 0.389. The van der Waals surface area contributed by atoms with Crippen LogP contribution in [0.15, 0.2) is 41.5 Å². The van der Waals surface area contributed by atoms with E-state index in [9.17, 15) is 0 Å². The third kappa shape index (κ3) is 6.52. The van der Waals surface area contributed by atoms with E-state index in [-0.39, 0.29) is 0 Å². The molecule has 0 unspecified atom stereocenters. The Morgan fingerprint density at radius 2 is 2.04 bits per heavy atom. The molecule has 0 spiro atoms. The molecule has 0 saturated heterocycles. The Balaban J connectivity index is 1.90. The number of imidazole rings is 1. The van der Waals surface area contributed by atoms with E-state index in [4.69, 9.17) is 4.74 Å². The zero-order chi connectivity index (χ0) is 18.6. The van der Waals surface area contributed by atoms with Crippen molar-refractivity contribution in [2.24, 2.45) is 4.99 Å². The molecule has 6 heteroatoms. The molecule has 26 heavy (non-hydrogen) atoms. The highest BCUT2D eigenvalue weighted by Gasteiger charge is 2.09. The number of unbranched alkanes of at least 4 members (excludes halogenated alkanes) is 1. The minimum absolute atomic E-state index is 0.654. The smallest absolute Gasteiger partial charge is 0.194 e. The predicted octanol–water partition coefficient (Wildman–Crippen LogP) is 3.29. The second-order valence-corrected chi connectivity index (χ2v) is 6.17. The molecule has 0 aliphatic heterocycles. The molecule has 0 aliphatic carbocycles. The minimum Gasteiger partial charge on any atom is -0.380 e. The van der Waals surface area contributed by atoms with Crippen molar-refractivity contribution in [2.75, 3.05) is 33.4 Å². The fourth-order valence-corrected chi connectivity index (χ4v) is 2.54. The summed E-state index contributed by atoms with van der Waals surface area (Å²) in [5.41, 5.74) is 2.17. The van der Waals surface area contributed by atoms with Crippen molar-refractivity contribution in [1.82, 2.24) is 20.2 Å². The van der Waals surface area contributed by atoms with Gasteiger partial charge in [0.05, 0.1) is 31.6 Å². The molecule has 0 atom stereocenters. The zero-order valence-corrected chi connectivity index (χ0v) is 16.2. The van der Waals surface area contributed by atoms with E-state index in [1.165, 1.54) is 0 Å². The number of ether oxygens (including phenoxy) is 1. The monoisotopic (exact) mass is 357 g/mol. The summed E-state index contributed by atoms with van der Waals surface area (Å²) in [5.74, 6) is 1.78. The number of benzene rings is 1. The standard InChI is InChI=1S/C20H31N5O/c1-4-6-13-26-14-12-22-20(21-5-2)25(3)16-19-23-15-18(24-19)17-10-8-7-9-11-17/h7-11,15H,4-6,12-14,16H2,1-3H3,(H,21,22)(H,23,24). The maximum absolute atomic E-state index is 5.58. The van der Waals surface area contributed by atoms with Gasteiger partial charge in [0, 0.05) is 20.2 Å². The first-order valence-corrected chi connectivity index (χ1v) is 9.41. The fraction of sp³-hybridized carbons (Fsp3) is 0.500. The van der Waals surface area contributed by atoms with Crippen LogP contribution in [0.25, 0.3) is 11.3 Å². The molecule has 0 bridgehead atoms. The highest BCUT2D eigenvalue weighted by molar-refractivity contribution is 5.79. The second kappa shape index (κ2) is 11.3. The molecular weight excluding hydrogens is 326 g/mol. The first kappa shape index (κ1) is 20.0.